The molecule has 0 fully saturated rings. The van der Waals surface area contributed by atoms with Gasteiger partial charge in [-0.25, -0.2) is 4.79 Å². The molecule has 0 aromatic rings. The number of nitrogens with one attached hydrogen (secondary N) is 3. The number of carbonyl (C=O) groups excluding carboxylic acids is 4. The summed E-state index contributed by atoms with van der Waals surface area (Å²) < 4.78 is 0. The molecule has 34 heavy (non-hydrogen) atoms. The maximum atomic E-state index is 13.0. The summed E-state index contributed by atoms with van der Waals surface area (Å²) in [5.41, 5.74) is 16.3. The highest BCUT2D eigenvalue weighted by Crippen LogP contribution is 2.07. The number of carbonyl (C=O) groups is 5. The zero-order chi connectivity index (χ0) is 26.1. The first kappa shape index (κ1) is 32.0. The first-order valence-electron chi connectivity index (χ1n) is 10.9. The van der Waals surface area contributed by atoms with Crippen LogP contribution in [0.5, 0.6) is 0 Å². The van der Waals surface area contributed by atoms with Gasteiger partial charge < -0.3 is 38.3 Å². The van der Waals surface area contributed by atoms with Crippen LogP contribution in [0, 0.1) is 0 Å². The summed E-state index contributed by atoms with van der Waals surface area (Å²) in [6, 6.07) is -4.32. The number of carboxylic acid groups (broad SMARTS) is 1. The first-order valence-corrected chi connectivity index (χ1v) is 13.7. The molecule has 0 aliphatic rings. The standard InChI is InChI=1S/C20H38N6O6S2/c1-33-9-6-14(24-17(28)12(22)11-16(23)27)19(30)25-13(5-3-4-8-21)18(29)26-15(20(31)32)7-10-34-2/h12-15H,3-11,21-22H2,1-2H3,(H2,23,27)(H,24,28)(H,25,30)(H,26,29)(H,31,32). The summed E-state index contributed by atoms with van der Waals surface area (Å²) in [5, 5.41) is 17.0. The SMILES string of the molecule is CSCCC(NC(=O)C(CCCCN)NC(=O)C(CCSC)NC(=O)C(N)CC(N)=O)C(=O)O. The zero-order valence-electron chi connectivity index (χ0n) is 19.7. The fourth-order valence-corrected chi connectivity index (χ4v) is 3.83. The molecule has 0 rings (SSSR count). The van der Waals surface area contributed by atoms with Crippen LogP contribution in [-0.4, -0.2) is 89.4 Å². The number of nitrogens with two attached hydrogens (primary N) is 3. The third-order valence-electron chi connectivity index (χ3n) is 4.81. The molecule has 4 amide bonds. The third kappa shape index (κ3) is 13.6. The van der Waals surface area contributed by atoms with Crippen LogP contribution in [0.2, 0.25) is 0 Å². The van der Waals surface area contributed by atoms with E-state index in [2.05, 4.69) is 16.0 Å². The lowest BCUT2D eigenvalue weighted by Crippen LogP contribution is -2.57. The van der Waals surface area contributed by atoms with Crippen LogP contribution in [0.4, 0.5) is 0 Å². The second-order valence-electron chi connectivity index (χ2n) is 7.65. The number of primary amides is 1. The number of hydrogen-bond donors (Lipinski definition) is 7. The fraction of sp³-hybridized carbons (Fsp3) is 0.750. The lowest BCUT2D eigenvalue weighted by molar-refractivity contribution is -0.142. The summed E-state index contributed by atoms with van der Waals surface area (Å²) in [7, 11) is 0. The van der Waals surface area contributed by atoms with E-state index in [4.69, 9.17) is 17.2 Å². The summed E-state index contributed by atoms with van der Waals surface area (Å²) in [6.07, 6.45) is 5.16. The van der Waals surface area contributed by atoms with E-state index in [9.17, 15) is 29.1 Å². The number of thioether (sulfide) groups is 2. The molecule has 0 bridgehead atoms. The zero-order valence-corrected chi connectivity index (χ0v) is 21.3. The Morgan fingerprint density at radius 3 is 1.74 bits per heavy atom. The molecule has 0 aromatic carbocycles. The predicted molar refractivity (Wildman–Crippen MR) is 134 cm³/mol. The number of hydrogen-bond acceptors (Lipinski definition) is 9. The quantitative estimate of drug-likeness (QED) is 0.0959. The van der Waals surface area contributed by atoms with Crippen LogP contribution < -0.4 is 33.2 Å². The lowest BCUT2D eigenvalue weighted by Gasteiger charge is -2.25. The van der Waals surface area contributed by atoms with Crippen molar-refractivity contribution in [2.45, 2.75) is 62.7 Å². The lowest BCUT2D eigenvalue weighted by atomic mass is 10.1. The minimum atomic E-state index is -1.21. The van der Waals surface area contributed by atoms with Gasteiger partial charge in [0.05, 0.1) is 12.5 Å². The summed E-state index contributed by atoms with van der Waals surface area (Å²) in [4.78, 5) is 60.7. The van der Waals surface area contributed by atoms with E-state index in [0.29, 0.717) is 30.9 Å². The smallest absolute Gasteiger partial charge is 0.326 e. The number of carboxylic acids is 1. The average molecular weight is 523 g/mol. The average Bonchev–Trinajstić information content (AvgIpc) is 2.77. The van der Waals surface area contributed by atoms with Gasteiger partial charge in [-0.2, -0.15) is 23.5 Å². The molecule has 0 saturated carbocycles. The molecule has 10 N–H and O–H groups in total. The Morgan fingerprint density at radius 1 is 0.794 bits per heavy atom. The van der Waals surface area contributed by atoms with Gasteiger partial charge >= 0.3 is 5.97 Å². The van der Waals surface area contributed by atoms with Crippen molar-refractivity contribution in [1.29, 1.82) is 0 Å². The molecule has 0 aliphatic carbocycles. The Bertz CT molecular complexity index is 684. The highest BCUT2D eigenvalue weighted by Gasteiger charge is 2.30. The second-order valence-corrected chi connectivity index (χ2v) is 9.62. The van der Waals surface area contributed by atoms with E-state index < -0.39 is 53.8 Å². The molecule has 0 heterocycles. The summed E-state index contributed by atoms with van der Waals surface area (Å²) in [6.45, 7) is 0.401. The highest BCUT2D eigenvalue weighted by molar-refractivity contribution is 7.98. The van der Waals surface area contributed by atoms with Crippen LogP contribution in [0.25, 0.3) is 0 Å². The minimum Gasteiger partial charge on any atom is -0.480 e. The predicted octanol–water partition coefficient (Wildman–Crippen LogP) is -1.64. The minimum absolute atomic E-state index is 0.232. The molecule has 0 aromatic heterocycles. The van der Waals surface area contributed by atoms with Crippen molar-refractivity contribution in [2.75, 3.05) is 30.6 Å². The van der Waals surface area contributed by atoms with Crippen LogP contribution in [0.3, 0.4) is 0 Å². The van der Waals surface area contributed by atoms with Gasteiger partial charge in [0.25, 0.3) is 0 Å². The number of amides is 4. The normalized spacial score (nSPS) is 14.4. The molecule has 12 nitrogen and oxygen atoms in total. The van der Waals surface area contributed by atoms with Crippen molar-refractivity contribution in [1.82, 2.24) is 16.0 Å². The van der Waals surface area contributed by atoms with E-state index in [1.54, 1.807) is 0 Å². The van der Waals surface area contributed by atoms with E-state index >= 15 is 0 Å². The second kappa shape index (κ2) is 18.3. The molecule has 196 valence electrons. The van der Waals surface area contributed by atoms with Gasteiger partial charge in [0.15, 0.2) is 0 Å². The fourth-order valence-electron chi connectivity index (χ4n) is 2.89. The van der Waals surface area contributed by atoms with E-state index in [1.165, 1.54) is 23.5 Å². The largest absolute Gasteiger partial charge is 0.480 e. The Balaban J connectivity index is 5.44. The Hall–Kier alpha value is -2.03. The Labute approximate surface area is 208 Å². The molecule has 0 aliphatic heterocycles. The maximum absolute atomic E-state index is 13.0. The number of unbranched alkanes of at least 4 members (excludes halogenated alkanes) is 1. The van der Waals surface area contributed by atoms with Crippen molar-refractivity contribution in [2.24, 2.45) is 17.2 Å². The summed E-state index contributed by atoms with van der Waals surface area (Å²) >= 11 is 2.91. The van der Waals surface area contributed by atoms with Gasteiger partial charge in [-0.3, -0.25) is 19.2 Å². The monoisotopic (exact) mass is 522 g/mol. The van der Waals surface area contributed by atoms with Gasteiger partial charge in [0.2, 0.25) is 23.6 Å². The number of aliphatic carboxylic acids is 1. The third-order valence-corrected chi connectivity index (χ3v) is 6.09. The van der Waals surface area contributed by atoms with Crippen LogP contribution in [0.15, 0.2) is 0 Å². The molecule has 0 radical (unpaired) electrons. The van der Waals surface area contributed by atoms with Gasteiger partial charge in [0.1, 0.15) is 18.1 Å². The van der Waals surface area contributed by atoms with Crippen molar-refractivity contribution in [3.05, 3.63) is 0 Å². The van der Waals surface area contributed by atoms with Gasteiger partial charge in [-0.05, 0) is 62.7 Å². The molecular formula is C20H38N6O6S2. The molecule has 14 heteroatoms. The molecule has 0 spiro atoms. The van der Waals surface area contributed by atoms with Crippen LogP contribution in [0.1, 0.15) is 38.5 Å². The molecule has 4 atom stereocenters. The Morgan fingerprint density at radius 2 is 1.26 bits per heavy atom. The highest BCUT2D eigenvalue weighted by atomic mass is 32.2. The Kier molecular flexibility index (Phi) is 17.2. The summed E-state index contributed by atoms with van der Waals surface area (Å²) in [5.74, 6) is -2.80. The van der Waals surface area contributed by atoms with Crippen molar-refractivity contribution in [3.63, 3.8) is 0 Å². The first-order chi connectivity index (χ1) is 16.1. The molecular weight excluding hydrogens is 484 g/mol. The van der Waals surface area contributed by atoms with E-state index in [1.807, 2.05) is 12.5 Å². The van der Waals surface area contributed by atoms with Crippen molar-refractivity contribution in [3.8, 4) is 0 Å². The van der Waals surface area contributed by atoms with Crippen LogP contribution in [-0.2, 0) is 24.0 Å². The molecule has 4 unspecified atom stereocenters. The van der Waals surface area contributed by atoms with Gasteiger partial charge in [-0.15, -0.1) is 0 Å². The number of rotatable bonds is 19. The van der Waals surface area contributed by atoms with E-state index in [-0.39, 0.29) is 25.7 Å². The van der Waals surface area contributed by atoms with E-state index in [0.717, 1.165) is 0 Å². The van der Waals surface area contributed by atoms with Gasteiger partial charge in [-0.1, -0.05) is 0 Å². The van der Waals surface area contributed by atoms with Crippen LogP contribution >= 0.6 is 23.5 Å². The van der Waals surface area contributed by atoms with Crippen molar-refractivity contribution < 1.29 is 29.1 Å². The maximum Gasteiger partial charge on any atom is 0.326 e. The molecule has 0 saturated heterocycles. The van der Waals surface area contributed by atoms with Gasteiger partial charge in [0, 0.05) is 0 Å². The van der Waals surface area contributed by atoms with Crippen molar-refractivity contribution >= 4 is 53.1 Å². The topological polar surface area (TPSA) is 220 Å².